The molecular formula is C12H19ClN2. The monoisotopic (exact) mass is 226 g/mol. The van der Waals surface area contributed by atoms with Gasteiger partial charge in [0.1, 0.15) is 5.65 Å². The number of aromatic nitrogens is 2. The normalized spacial score (nSPS) is 8.67. The van der Waals surface area contributed by atoms with Crippen LogP contribution in [0, 0.1) is 6.92 Å². The van der Waals surface area contributed by atoms with Crippen molar-refractivity contribution in [2.45, 2.75) is 34.6 Å². The van der Waals surface area contributed by atoms with E-state index in [0.717, 1.165) is 16.2 Å². The predicted molar refractivity (Wildman–Crippen MR) is 67.6 cm³/mol. The van der Waals surface area contributed by atoms with Gasteiger partial charge in [-0.15, -0.1) is 0 Å². The Balaban J connectivity index is 0.000000442. The lowest BCUT2D eigenvalue weighted by atomic mass is 10.3. The minimum Gasteiger partial charge on any atom is -0.305 e. The van der Waals surface area contributed by atoms with Crippen molar-refractivity contribution in [3.8, 4) is 0 Å². The molecule has 15 heavy (non-hydrogen) atoms. The Morgan fingerprint density at radius 2 is 1.80 bits per heavy atom. The lowest BCUT2D eigenvalue weighted by Gasteiger charge is -1.97. The molecule has 3 heteroatoms. The molecule has 0 aliphatic rings. The first kappa shape index (κ1) is 14.0. The van der Waals surface area contributed by atoms with Gasteiger partial charge in [-0.2, -0.15) is 0 Å². The lowest BCUT2D eigenvalue weighted by molar-refractivity contribution is 1.16. The van der Waals surface area contributed by atoms with Crippen molar-refractivity contribution in [1.82, 2.24) is 9.38 Å². The van der Waals surface area contributed by atoms with E-state index in [1.54, 1.807) is 6.20 Å². The van der Waals surface area contributed by atoms with Crippen LogP contribution in [0.25, 0.3) is 5.65 Å². The van der Waals surface area contributed by atoms with Crippen LogP contribution in [0.3, 0.4) is 0 Å². The molecule has 0 aliphatic heterocycles. The van der Waals surface area contributed by atoms with Crippen LogP contribution in [0.1, 0.15) is 33.3 Å². The molecule has 0 bridgehead atoms. The van der Waals surface area contributed by atoms with Gasteiger partial charge in [-0.1, -0.05) is 39.3 Å². The van der Waals surface area contributed by atoms with Gasteiger partial charge in [-0.05, 0) is 18.6 Å². The second kappa shape index (κ2) is 7.30. The van der Waals surface area contributed by atoms with Gasteiger partial charge in [0.2, 0.25) is 0 Å². The third-order valence-electron chi connectivity index (χ3n) is 1.64. The topological polar surface area (TPSA) is 17.3 Å². The minimum absolute atomic E-state index is 0.744. The fourth-order valence-corrected chi connectivity index (χ4v) is 1.43. The van der Waals surface area contributed by atoms with Crippen molar-refractivity contribution >= 4 is 17.2 Å². The average Bonchev–Trinajstić information content (AvgIpc) is 2.72. The van der Waals surface area contributed by atoms with Crippen molar-refractivity contribution < 1.29 is 0 Å². The Bertz CT molecular complexity index is 393. The number of rotatable bonds is 0. The largest absolute Gasteiger partial charge is 0.305 e. The van der Waals surface area contributed by atoms with Gasteiger partial charge in [0.15, 0.2) is 0 Å². The summed E-state index contributed by atoms with van der Waals surface area (Å²) in [4.78, 5) is 4.16. The van der Waals surface area contributed by atoms with E-state index in [2.05, 4.69) is 4.98 Å². The van der Waals surface area contributed by atoms with Crippen LogP contribution in [-0.2, 0) is 0 Å². The third kappa shape index (κ3) is 3.56. The van der Waals surface area contributed by atoms with E-state index in [1.165, 1.54) is 0 Å². The molecule has 84 valence electrons. The first-order valence-corrected chi connectivity index (χ1v) is 5.74. The first-order chi connectivity index (χ1) is 7.27. The van der Waals surface area contributed by atoms with Gasteiger partial charge in [-0.3, -0.25) is 0 Å². The minimum atomic E-state index is 0.744. The molecule has 0 spiro atoms. The highest BCUT2D eigenvalue weighted by atomic mass is 35.5. The number of halogens is 1. The van der Waals surface area contributed by atoms with E-state index in [4.69, 9.17) is 11.6 Å². The Morgan fingerprint density at radius 3 is 2.40 bits per heavy atom. The number of hydrogen-bond acceptors (Lipinski definition) is 1. The van der Waals surface area contributed by atoms with Crippen molar-refractivity contribution in [2.24, 2.45) is 0 Å². The van der Waals surface area contributed by atoms with Crippen LogP contribution in [0.2, 0.25) is 5.02 Å². The highest BCUT2D eigenvalue weighted by Crippen LogP contribution is 2.14. The smallest absolute Gasteiger partial charge is 0.139 e. The second-order valence-corrected chi connectivity index (χ2v) is 2.94. The van der Waals surface area contributed by atoms with Crippen molar-refractivity contribution in [2.75, 3.05) is 0 Å². The number of imidazole rings is 1. The standard InChI is InChI=1S/C8H7ClN2.2C2H6/c1-6-4-7(9)5-11-3-2-10-8(6)11;2*1-2/h2-5H,1H3;2*1-2H3. The van der Waals surface area contributed by atoms with E-state index in [0.29, 0.717) is 0 Å². The molecule has 0 atom stereocenters. The van der Waals surface area contributed by atoms with Gasteiger partial charge < -0.3 is 4.40 Å². The molecule has 2 aromatic rings. The van der Waals surface area contributed by atoms with Crippen LogP contribution in [0.4, 0.5) is 0 Å². The summed E-state index contributed by atoms with van der Waals surface area (Å²) in [5.74, 6) is 0. The van der Waals surface area contributed by atoms with Gasteiger partial charge >= 0.3 is 0 Å². The zero-order chi connectivity index (χ0) is 11.8. The molecule has 0 radical (unpaired) electrons. The number of nitrogens with zero attached hydrogens (tertiary/aromatic N) is 2. The number of hydrogen-bond donors (Lipinski definition) is 0. The highest BCUT2D eigenvalue weighted by Gasteiger charge is 1.98. The molecular weight excluding hydrogens is 208 g/mol. The van der Waals surface area contributed by atoms with Crippen LogP contribution in [-0.4, -0.2) is 9.38 Å². The molecule has 0 aromatic carbocycles. The summed E-state index contributed by atoms with van der Waals surface area (Å²) in [6, 6.07) is 1.91. The van der Waals surface area contributed by atoms with E-state index < -0.39 is 0 Å². The maximum atomic E-state index is 5.83. The Kier molecular flexibility index (Phi) is 6.80. The first-order valence-electron chi connectivity index (χ1n) is 5.36. The molecule has 2 heterocycles. The molecule has 0 saturated carbocycles. The van der Waals surface area contributed by atoms with Gasteiger partial charge in [-0.25, -0.2) is 4.98 Å². The molecule has 0 saturated heterocycles. The summed E-state index contributed by atoms with van der Waals surface area (Å²) in [5, 5.41) is 0.744. The summed E-state index contributed by atoms with van der Waals surface area (Å²) in [6.07, 6.45) is 5.49. The van der Waals surface area contributed by atoms with E-state index in [-0.39, 0.29) is 0 Å². The lowest BCUT2D eigenvalue weighted by Crippen LogP contribution is -1.85. The van der Waals surface area contributed by atoms with Crippen molar-refractivity contribution in [3.05, 3.63) is 35.2 Å². The molecule has 0 aliphatic carbocycles. The van der Waals surface area contributed by atoms with Crippen LogP contribution >= 0.6 is 11.6 Å². The van der Waals surface area contributed by atoms with E-state index >= 15 is 0 Å². The summed E-state index contributed by atoms with van der Waals surface area (Å²) in [7, 11) is 0. The van der Waals surface area contributed by atoms with E-state index in [9.17, 15) is 0 Å². The fourth-order valence-electron chi connectivity index (χ4n) is 1.16. The van der Waals surface area contributed by atoms with Crippen molar-refractivity contribution in [3.63, 3.8) is 0 Å². The van der Waals surface area contributed by atoms with Gasteiger partial charge in [0.25, 0.3) is 0 Å². The fraction of sp³-hybridized carbons (Fsp3) is 0.417. The summed E-state index contributed by atoms with van der Waals surface area (Å²) in [6.45, 7) is 9.99. The zero-order valence-corrected chi connectivity index (χ0v) is 10.8. The molecule has 0 N–H and O–H groups in total. The predicted octanol–water partition coefficient (Wildman–Crippen LogP) is 4.35. The van der Waals surface area contributed by atoms with Gasteiger partial charge in [0.05, 0.1) is 5.02 Å². The number of aryl methyl sites for hydroxylation is 1. The third-order valence-corrected chi connectivity index (χ3v) is 1.84. The second-order valence-electron chi connectivity index (χ2n) is 2.50. The quantitative estimate of drug-likeness (QED) is 0.653. The highest BCUT2D eigenvalue weighted by molar-refractivity contribution is 6.30. The van der Waals surface area contributed by atoms with Crippen molar-refractivity contribution in [1.29, 1.82) is 0 Å². The molecule has 0 amide bonds. The Morgan fingerprint density at radius 1 is 1.20 bits per heavy atom. The molecule has 0 fully saturated rings. The molecule has 2 nitrogen and oxygen atoms in total. The van der Waals surface area contributed by atoms with Crippen LogP contribution in [0.15, 0.2) is 24.7 Å². The SMILES string of the molecule is CC.CC.Cc1cc(Cl)cn2ccnc12. The maximum absolute atomic E-state index is 5.83. The summed E-state index contributed by atoms with van der Waals surface area (Å²) < 4.78 is 1.91. The molecule has 2 rings (SSSR count). The molecule has 0 unspecified atom stereocenters. The Hall–Kier alpha value is -1.02. The average molecular weight is 227 g/mol. The number of fused-ring (bicyclic) bond motifs is 1. The van der Waals surface area contributed by atoms with Crippen LogP contribution < -0.4 is 0 Å². The van der Waals surface area contributed by atoms with Gasteiger partial charge in [0, 0.05) is 18.6 Å². The Labute approximate surface area is 96.9 Å². The van der Waals surface area contributed by atoms with E-state index in [1.807, 2.05) is 57.5 Å². The maximum Gasteiger partial charge on any atom is 0.139 e. The molecule has 2 aromatic heterocycles. The summed E-state index contributed by atoms with van der Waals surface area (Å²) >= 11 is 5.83. The zero-order valence-electron chi connectivity index (χ0n) is 10.1. The van der Waals surface area contributed by atoms with Crippen LogP contribution in [0.5, 0.6) is 0 Å². The number of pyridine rings is 1. The summed E-state index contributed by atoms with van der Waals surface area (Å²) in [5.41, 5.74) is 2.07.